The molecule has 1 heterocycles. The number of halogens is 2. The summed E-state index contributed by atoms with van der Waals surface area (Å²) >= 11 is 12.8. The Balaban J connectivity index is 1.85. The maximum atomic E-state index is 13.9. The van der Waals surface area contributed by atoms with Gasteiger partial charge >= 0.3 is 0 Å². The van der Waals surface area contributed by atoms with E-state index in [9.17, 15) is 9.90 Å². The fourth-order valence-electron chi connectivity index (χ4n) is 4.36. The Bertz CT molecular complexity index is 1260. The molecule has 1 atom stereocenters. The number of ether oxygens (including phenoxy) is 4. The summed E-state index contributed by atoms with van der Waals surface area (Å²) < 4.78 is 21.5. The number of aliphatic hydroxyl groups is 1. The second kappa shape index (κ2) is 10.0. The minimum Gasteiger partial charge on any atom is -0.497 e. The van der Waals surface area contributed by atoms with Gasteiger partial charge in [-0.25, -0.2) is 0 Å². The number of nitrogens with zero attached hydrogens (tertiary/aromatic N) is 1. The molecule has 0 aliphatic carbocycles. The van der Waals surface area contributed by atoms with Gasteiger partial charge in [-0.05, 0) is 42.5 Å². The zero-order chi connectivity index (χ0) is 25.3. The Hall–Kier alpha value is -2.81. The van der Waals surface area contributed by atoms with Crippen LogP contribution >= 0.6 is 23.2 Å². The highest BCUT2D eigenvalue weighted by molar-refractivity contribution is 6.32. The fourth-order valence-corrected chi connectivity index (χ4v) is 4.78. The normalized spacial score (nSPS) is 17.1. The second-order valence-electron chi connectivity index (χ2n) is 7.98. The van der Waals surface area contributed by atoms with Gasteiger partial charge in [-0.3, -0.25) is 4.79 Å². The van der Waals surface area contributed by atoms with Crippen LogP contribution in [0.15, 0.2) is 54.6 Å². The van der Waals surface area contributed by atoms with Crippen LogP contribution in [-0.4, -0.2) is 39.5 Å². The van der Waals surface area contributed by atoms with Crippen LogP contribution in [0.2, 0.25) is 10.0 Å². The molecule has 9 heteroatoms. The second-order valence-corrected chi connectivity index (χ2v) is 8.83. The van der Waals surface area contributed by atoms with Gasteiger partial charge in [-0.1, -0.05) is 29.3 Å². The first-order valence-corrected chi connectivity index (χ1v) is 11.4. The van der Waals surface area contributed by atoms with Crippen molar-refractivity contribution in [3.63, 3.8) is 0 Å². The molecule has 1 unspecified atom stereocenters. The minimum atomic E-state index is -2.08. The van der Waals surface area contributed by atoms with E-state index in [1.54, 1.807) is 62.8 Å². The number of hydrogen-bond acceptors (Lipinski definition) is 6. The van der Waals surface area contributed by atoms with E-state index in [1.807, 2.05) is 6.07 Å². The van der Waals surface area contributed by atoms with Gasteiger partial charge in [-0.2, -0.15) is 0 Å². The zero-order valence-corrected chi connectivity index (χ0v) is 21.2. The van der Waals surface area contributed by atoms with E-state index in [1.165, 1.54) is 19.1 Å². The van der Waals surface area contributed by atoms with Crippen LogP contribution in [0.5, 0.6) is 11.5 Å². The van der Waals surface area contributed by atoms with Gasteiger partial charge in [0.15, 0.2) is 11.9 Å². The van der Waals surface area contributed by atoms with Crippen molar-refractivity contribution in [2.45, 2.75) is 18.4 Å². The van der Waals surface area contributed by atoms with Gasteiger partial charge in [0.25, 0.3) is 5.91 Å². The standard InChI is InChI=1S/C26H25Cl2NO6/c1-32-18-8-5-16(23(13-18)33-2)14-29-22-10-7-17(27)12-20(22)26(31,25(29)30)19-11-15(6-9-21(19)28)24(34-3)35-4/h5-13,24,31H,14H2,1-4H3. The molecule has 0 saturated carbocycles. The molecule has 4 rings (SSSR count). The Morgan fingerprint density at radius 2 is 1.66 bits per heavy atom. The first-order valence-electron chi connectivity index (χ1n) is 10.7. The summed E-state index contributed by atoms with van der Waals surface area (Å²) in [6, 6.07) is 15.2. The summed E-state index contributed by atoms with van der Waals surface area (Å²) in [4.78, 5) is 15.4. The number of rotatable bonds is 8. The highest BCUT2D eigenvalue weighted by Gasteiger charge is 2.52. The number of anilines is 1. The van der Waals surface area contributed by atoms with Crippen LogP contribution in [0.3, 0.4) is 0 Å². The number of carbonyl (C=O) groups is 1. The Kier molecular flexibility index (Phi) is 7.26. The third kappa shape index (κ3) is 4.35. The van der Waals surface area contributed by atoms with Crippen molar-refractivity contribution in [1.82, 2.24) is 0 Å². The van der Waals surface area contributed by atoms with Gasteiger partial charge in [0.2, 0.25) is 0 Å². The topological polar surface area (TPSA) is 77.5 Å². The molecule has 0 bridgehead atoms. The lowest BCUT2D eigenvalue weighted by atomic mass is 9.86. The summed E-state index contributed by atoms with van der Waals surface area (Å²) in [6.45, 7) is 0.138. The molecule has 35 heavy (non-hydrogen) atoms. The average molecular weight is 518 g/mol. The van der Waals surface area contributed by atoms with Crippen LogP contribution in [0.1, 0.15) is 28.5 Å². The van der Waals surface area contributed by atoms with Crippen LogP contribution in [-0.2, 0) is 26.4 Å². The van der Waals surface area contributed by atoms with Crippen molar-refractivity contribution in [1.29, 1.82) is 0 Å². The summed E-state index contributed by atoms with van der Waals surface area (Å²) in [5.74, 6) is 0.598. The van der Waals surface area contributed by atoms with Crippen molar-refractivity contribution in [2.24, 2.45) is 0 Å². The number of carbonyl (C=O) groups excluding carboxylic acids is 1. The van der Waals surface area contributed by atoms with Crippen molar-refractivity contribution >= 4 is 34.8 Å². The Morgan fingerprint density at radius 1 is 0.914 bits per heavy atom. The first-order chi connectivity index (χ1) is 16.8. The lowest BCUT2D eigenvalue weighted by Crippen LogP contribution is -2.41. The molecule has 0 fully saturated rings. The molecule has 0 saturated heterocycles. The third-order valence-electron chi connectivity index (χ3n) is 6.10. The van der Waals surface area contributed by atoms with Gasteiger partial charge in [0.1, 0.15) is 11.5 Å². The van der Waals surface area contributed by atoms with Crippen molar-refractivity contribution < 1.29 is 28.8 Å². The predicted octanol–water partition coefficient (Wildman–Crippen LogP) is 5.08. The van der Waals surface area contributed by atoms with Crippen LogP contribution in [0.25, 0.3) is 0 Å². The molecule has 1 aliphatic rings. The zero-order valence-electron chi connectivity index (χ0n) is 19.7. The molecule has 1 aliphatic heterocycles. The van der Waals surface area contributed by atoms with Crippen molar-refractivity contribution in [3.8, 4) is 11.5 Å². The van der Waals surface area contributed by atoms with E-state index in [2.05, 4.69) is 0 Å². The van der Waals surface area contributed by atoms with Gasteiger partial charge in [0, 0.05) is 52.6 Å². The van der Waals surface area contributed by atoms with Gasteiger partial charge in [0.05, 0.1) is 26.5 Å². The largest absolute Gasteiger partial charge is 0.497 e. The third-order valence-corrected chi connectivity index (χ3v) is 6.66. The van der Waals surface area contributed by atoms with E-state index in [-0.39, 0.29) is 17.1 Å². The lowest BCUT2D eigenvalue weighted by Gasteiger charge is -2.26. The molecule has 0 aromatic heterocycles. The van der Waals surface area contributed by atoms with E-state index in [0.29, 0.717) is 33.3 Å². The SMILES string of the molecule is COc1ccc(CN2C(=O)C(O)(c3cc(C(OC)OC)ccc3Cl)c3cc(Cl)ccc32)c(OC)c1. The maximum Gasteiger partial charge on any atom is 0.268 e. The summed E-state index contributed by atoms with van der Waals surface area (Å²) in [5, 5.41) is 12.6. The molecule has 3 aromatic carbocycles. The Labute approximate surface area is 213 Å². The van der Waals surface area contributed by atoms with Crippen LogP contribution in [0, 0.1) is 0 Å². The molecule has 3 aromatic rings. The number of fused-ring (bicyclic) bond motifs is 1. The number of methoxy groups -OCH3 is 4. The maximum absolute atomic E-state index is 13.9. The van der Waals surface area contributed by atoms with Gasteiger partial charge < -0.3 is 29.0 Å². The summed E-state index contributed by atoms with van der Waals surface area (Å²) in [7, 11) is 6.10. The number of benzene rings is 3. The summed E-state index contributed by atoms with van der Waals surface area (Å²) in [5.41, 5.74) is 0.275. The highest BCUT2D eigenvalue weighted by Crippen LogP contribution is 2.48. The van der Waals surface area contributed by atoms with Crippen LogP contribution in [0.4, 0.5) is 5.69 Å². The van der Waals surface area contributed by atoms with E-state index < -0.39 is 17.8 Å². The molecule has 184 valence electrons. The lowest BCUT2D eigenvalue weighted by molar-refractivity contribution is -0.132. The van der Waals surface area contributed by atoms with E-state index >= 15 is 0 Å². The molecule has 0 radical (unpaired) electrons. The molecular formula is C26H25Cl2NO6. The van der Waals surface area contributed by atoms with E-state index in [4.69, 9.17) is 42.1 Å². The summed E-state index contributed by atoms with van der Waals surface area (Å²) in [6.07, 6.45) is -0.704. The molecular weight excluding hydrogens is 493 g/mol. The fraction of sp³-hybridized carbons (Fsp3) is 0.269. The first kappa shape index (κ1) is 25.3. The van der Waals surface area contributed by atoms with Crippen molar-refractivity contribution in [3.05, 3.63) is 86.9 Å². The van der Waals surface area contributed by atoms with Crippen LogP contribution < -0.4 is 14.4 Å². The molecule has 0 spiro atoms. The average Bonchev–Trinajstić information content (AvgIpc) is 3.07. The van der Waals surface area contributed by atoms with E-state index in [0.717, 1.165) is 5.56 Å². The van der Waals surface area contributed by atoms with Gasteiger partial charge in [-0.15, -0.1) is 0 Å². The quantitative estimate of drug-likeness (QED) is 0.419. The monoisotopic (exact) mass is 517 g/mol. The molecule has 1 N–H and O–H groups in total. The predicted molar refractivity (Wildman–Crippen MR) is 133 cm³/mol. The molecule has 1 amide bonds. The molecule has 7 nitrogen and oxygen atoms in total. The number of amides is 1. The number of hydrogen-bond donors (Lipinski definition) is 1. The van der Waals surface area contributed by atoms with Crippen molar-refractivity contribution in [2.75, 3.05) is 33.3 Å². The minimum absolute atomic E-state index is 0.138. The smallest absolute Gasteiger partial charge is 0.268 e. The highest BCUT2D eigenvalue weighted by atomic mass is 35.5. The Morgan fingerprint density at radius 3 is 2.31 bits per heavy atom.